The maximum atomic E-state index is 12.4. The van der Waals surface area contributed by atoms with Crippen molar-refractivity contribution in [2.75, 3.05) is 19.6 Å². The van der Waals surface area contributed by atoms with Gasteiger partial charge in [0.25, 0.3) is 5.69 Å². The second-order valence-electron chi connectivity index (χ2n) is 4.47. The summed E-state index contributed by atoms with van der Waals surface area (Å²) >= 11 is 0. The molecule has 2 rings (SSSR count). The van der Waals surface area contributed by atoms with Crippen molar-refractivity contribution >= 4 is 28.1 Å². The lowest BCUT2D eigenvalue weighted by atomic mass is 10.3. The van der Waals surface area contributed by atoms with E-state index in [-0.39, 0.29) is 29.0 Å². The molecule has 1 aliphatic heterocycles. The van der Waals surface area contributed by atoms with Crippen LogP contribution in [0.3, 0.4) is 0 Å². The molecule has 1 atom stereocenters. The van der Waals surface area contributed by atoms with Crippen LogP contribution in [0.1, 0.15) is 6.92 Å². The SMILES string of the molecule is CC1CN(S(=O)(=O)c2cccc([N+](=O)[O-])c2)CCN1.Cl. The van der Waals surface area contributed by atoms with Crippen LogP contribution in [-0.2, 0) is 10.0 Å². The van der Waals surface area contributed by atoms with Gasteiger partial charge in [-0.3, -0.25) is 10.1 Å². The molecule has 1 aromatic carbocycles. The average Bonchev–Trinajstić information content (AvgIpc) is 2.39. The number of sulfonamides is 1. The Morgan fingerprint density at radius 3 is 2.75 bits per heavy atom. The lowest BCUT2D eigenvalue weighted by Gasteiger charge is -2.30. The van der Waals surface area contributed by atoms with Crippen molar-refractivity contribution in [1.29, 1.82) is 0 Å². The number of rotatable bonds is 3. The Bertz CT molecular complexity index is 593. The summed E-state index contributed by atoms with van der Waals surface area (Å²) in [6.45, 7) is 3.21. The van der Waals surface area contributed by atoms with Gasteiger partial charge in [-0.25, -0.2) is 8.42 Å². The predicted molar refractivity (Wildman–Crippen MR) is 76.6 cm³/mol. The predicted octanol–water partition coefficient (Wildman–Crippen LogP) is 0.999. The highest BCUT2D eigenvalue weighted by Gasteiger charge is 2.29. The molecule has 1 fully saturated rings. The molecule has 1 saturated heterocycles. The molecule has 1 heterocycles. The van der Waals surface area contributed by atoms with Gasteiger partial charge in [0.2, 0.25) is 10.0 Å². The van der Waals surface area contributed by atoms with Crippen LogP contribution in [0.15, 0.2) is 29.2 Å². The first-order chi connectivity index (χ1) is 8.91. The Balaban J connectivity index is 0.00000200. The van der Waals surface area contributed by atoms with Gasteiger partial charge in [-0.1, -0.05) is 6.07 Å². The summed E-state index contributed by atoms with van der Waals surface area (Å²) < 4.78 is 26.1. The second-order valence-corrected chi connectivity index (χ2v) is 6.41. The zero-order chi connectivity index (χ0) is 14.0. The van der Waals surface area contributed by atoms with Crippen LogP contribution in [-0.4, -0.2) is 43.3 Å². The highest BCUT2D eigenvalue weighted by atomic mass is 35.5. The molecular formula is C11H16ClN3O4S. The van der Waals surface area contributed by atoms with E-state index in [1.54, 1.807) is 0 Å². The van der Waals surface area contributed by atoms with Gasteiger partial charge in [-0.05, 0) is 13.0 Å². The number of non-ortho nitro benzene ring substituents is 1. The highest BCUT2D eigenvalue weighted by Crippen LogP contribution is 2.21. The first-order valence-electron chi connectivity index (χ1n) is 5.89. The van der Waals surface area contributed by atoms with Gasteiger partial charge >= 0.3 is 0 Å². The number of hydrogen-bond acceptors (Lipinski definition) is 5. The Morgan fingerprint density at radius 1 is 1.45 bits per heavy atom. The minimum absolute atomic E-state index is 0. The fourth-order valence-electron chi connectivity index (χ4n) is 2.02. The molecule has 7 nitrogen and oxygen atoms in total. The summed E-state index contributed by atoms with van der Waals surface area (Å²) in [5.41, 5.74) is -0.218. The van der Waals surface area contributed by atoms with Crippen LogP contribution >= 0.6 is 12.4 Å². The number of halogens is 1. The molecule has 0 spiro atoms. The van der Waals surface area contributed by atoms with E-state index in [0.29, 0.717) is 19.6 Å². The van der Waals surface area contributed by atoms with Crippen molar-refractivity contribution in [2.45, 2.75) is 17.9 Å². The lowest BCUT2D eigenvalue weighted by Crippen LogP contribution is -2.51. The molecule has 0 aromatic heterocycles. The quantitative estimate of drug-likeness (QED) is 0.662. The highest BCUT2D eigenvalue weighted by molar-refractivity contribution is 7.89. The molecule has 0 bridgehead atoms. The molecule has 1 unspecified atom stereocenters. The number of nitrogens with one attached hydrogen (secondary N) is 1. The maximum absolute atomic E-state index is 12.4. The molecule has 1 aromatic rings. The number of benzene rings is 1. The van der Waals surface area contributed by atoms with Crippen molar-refractivity contribution in [3.05, 3.63) is 34.4 Å². The molecule has 0 saturated carbocycles. The zero-order valence-electron chi connectivity index (χ0n) is 10.9. The van der Waals surface area contributed by atoms with E-state index in [1.165, 1.54) is 22.5 Å². The summed E-state index contributed by atoms with van der Waals surface area (Å²) in [4.78, 5) is 10.1. The fourth-order valence-corrected chi connectivity index (χ4v) is 3.59. The topological polar surface area (TPSA) is 92.5 Å². The van der Waals surface area contributed by atoms with Crippen molar-refractivity contribution in [3.8, 4) is 0 Å². The minimum atomic E-state index is -3.66. The monoisotopic (exact) mass is 321 g/mol. The van der Waals surface area contributed by atoms with Gasteiger partial charge in [-0.2, -0.15) is 4.31 Å². The van der Waals surface area contributed by atoms with Crippen molar-refractivity contribution < 1.29 is 13.3 Å². The molecule has 0 aliphatic carbocycles. The van der Waals surface area contributed by atoms with Gasteiger partial charge in [-0.15, -0.1) is 12.4 Å². The third-order valence-electron chi connectivity index (χ3n) is 3.00. The van der Waals surface area contributed by atoms with Crippen LogP contribution in [0.2, 0.25) is 0 Å². The van der Waals surface area contributed by atoms with E-state index < -0.39 is 14.9 Å². The normalized spacial score (nSPS) is 20.1. The summed E-state index contributed by atoms with van der Waals surface area (Å²) in [6, 6.07) is 5.22. The molecule has 1 N–H and O–H groups in total. The standard InChI is InChI=1S/C11H15N3O4S.ClH/c1-9-8-13(6-5-12-9)19(17,18)11-4-2-3-10(7-11)14(15)16;/h2-4,7,9,12H,5-6,8H2,1H3;1H. The van der Waals surface area contributed by atoms with Crippen LogP contribution in [0.25, 0.3) is 0 Å². The lowest BCUT2D eigenvalue weighted by molar-refractivity contribution is -0.385. The third-order valence-corrected chi connectivity index (χ3v) is 4.86. The van der Waals surface area contributed by atoms with Crippen molar-refractivity contribution in [2.24, 2.45) is 0 Å². The second kappa shape index (κ2) is 6.49. The minimum Gasteiger partial charge on any atom is -0.312 e. The Kier molecular flexibility index (Phi) is 5.46. The number of nitro groups is 1. The molecule has 9 heteroatoms. The smallest absolute Gasteiger partial charge is 0.270 e. The van der Waals surface area contributed by atoms with Gasteiger partial charge in [0.15, 0.2) is 0 Å². The molecule has 0 radical (unpaired) electrons. The van der Waals surface area contributed by atoms with E-state index in [2.05, 4.69) is 5.32 Å². The van der Waals surface area contributed by atoms with Gasteiger partial charge in [0, 0.05) is 37.8 Å². The van der Waals surface area contributed by atoms with E-state index >= 15 is 0 Å². The van der Waals surface area contributed by atoms with Crippen LogP contribution in [0.4, 0.5) is 5.69 Å². The van der Waals surface area contributed by atoms with Crippen molar-refractivity contribution in [3.63, 3.8) is 0 Å². The van der Waals surface area contributed by atoms with E-state index in [1.807, 2.05) is 6.92 Å². The average molecular weight is 322 g/mol. The van der Waals surface area contributed by atoms with Crippen molar-refractivity contribution in [1.82, 2.24) is 9.62 Å². The summed E-state index contributed by atoms with van der Waals surface area (Å²) in [5.74, 6) is 0. The maximum Gasteiger partial charge on any atom is 0.270 e. The summed E-state index contributed by atoms with van der Waals surface area (Å²) in [5, 5.41) is 13.8. The Hall–Kier alpha value is -1.22. The summed E-state index contributed by atoms with van der Waals surface area (Å²) in [6.07, 6.45) is 0. The number of piperazine rings is 1. The Labute approximate surface area is 123 Å². The van der Waals surface area contributed by atoms with E-state index in [0.717, 1.165) is 6.07 Å². The number of nitrogens with zero attached hydrogens (tertiary/aromatic N) is 2. The van der Waals surface area contributed by atoms with Gasteiger partial charge in [0.1, 0.15) is 0 Å². The Morgan fingerprint density at radius 2 is 2.15 bits per heavy atom. The molecular weight excluding hydrogens is 306 g/mol. The largest absolute Gasteiger partial charge is 0.312 e. The molecule has 112 valence electrons. The molecule has 0 amide bonds. The van der Waals surface area contributed by atoms with E-state index in [9.17, 15) is 18.5 Å². The number of nitro benzene ring substituents is 1. The van der Waals surface area contributed by atoms with Crippen LogP contribution < -0.4 is 5.32 Å². The third kappa shape index (κ3) is 3.45. The fraction of sp³-hybridized carbons (Fsp3) is 0.455. The summed E-state index contributed by atoms with van der Waals surface area (Å²) in [7, 11) is -3.66. The van der Waals surface area contributed by atoms with Crippen LogP contribution in [0, 0.1) is 10.1 Å². The first kappa shape index (κ1) is 16.8. The van der Waals surface area contributed by atoms with Gasteiger partial charge < -0.3 is 5.32 Å². The first-order valence-corrected chi connectivity index (χ1v) is 7.33. The van der Waals surface area contributed by atoms with E-state index in [4.69, 9.17) is 0 Å². The van der Waals surface area contributed by atoms with Gasteiger partial charge in [0.05, 0.1) is 9.82 Å². The van der Waals surface area contributed by atoms with Crippen LogP contribution in [0.5, 0.6) is 0 Å². The molecule has 1 aliphatic rings. The number of hydrogen-bond donors (Lipinski definition) is 1. The zero-order valence-corrected chi connectivity index (χ0v) is 12.5. The molecule has 20 heavy (non-hydrogen) atoms.